The van der Waals surface area contributed by atoms with Crippen LogP contribution >= 0.6 is 11.3 Å². The van der Waals surface area contributed by atoms with Crippen LogP contribution in [0.15, 0.2) is 23.0 Å². The van der Waals surface area contributed by atoms with Crippen molar-refractivity contribution in [2.45, 2.75) is 45.6 Å². The number of nitrogens with one attached hydrogen (secondary N) is 1. The molecule has 0 radical (unpaired) electrons. The average molecular weight is 427 g/mol. The lowest BCUT2D eigenvalue weighted by Gasteiger charge is -2.18. The van der Waals surface area contributed by atoms with E-state index in [0.717, 1.165) is 59.8 Å². The van der Waals surface area contributed by atoms with E-state index in [9.17, 15) is 4.79 Å². The van der Waals surface area contributed by atoms with Gasteiger partial charge in [0.25, 0.3) is 5.56 Å². The number of hydrogen-bond donors (Lipinski definition) is 2. The maximum absolute atomic E-state index is 12.8. The van der Waals surface area contributed by atoms with E-state index in [1.807, 2.05) is 6.07 Å². The molecule has 0 bridgehead atoms. The number of rotatable bonds is 5. The molecule has 1 aromatic carbocycles. The van der Waals surface area contributed by atoms with Crippen molar-refractivity contribution in [2.24, 2.45) is 5.92 Å². The number of benzene rings is 1. The highest BCUT2D eigenvalue weighted by Crippen LogP contribution is 2.35. The fourth-order valence-electron chi connectivity index (χ4n) is 4.44. The van der Waals surface area contributed by atoms with Crippen molar-refractivity contribution < 1.29 is 14.8 Å². The summed E-state index contributed by atoms with van der Waals surface area (Å²) in [4.78, 5) is 23.0. The molecule has 0 amide bonds. The molecule has 2 aliphatic rings. The molecule has 7 heteroatoms. The zero-order chi connectivity index (χ0) is 20.7. The Morgan fingerprint density at radius 1 is 1.30 bits per heavy atom. The van der Waals surface area contributed by atoms with Crippen molar-refractivity contribution in [3.8, 4) is 11.5 Å². The second-order valence-corrected chi connectivity index (χ2v) is 9.61. The van der Waals surface area contributed by atoms with E-state index in [2.05, 4.69) is 36.3 Å². The predicted octanol–water partition coefficient (Wildman–Crippen LogP) is 2.75. The molecule has 158 valence electrons. The molecular formula is C23H28N3O3S+. The van der Waals surface area contributed by atoms with Gasteiger partial charge in [-0.3, -0.25) is 4.79 Å². The third kappa shape index (κ3) is 3.72. The number of hydrogen-bond acceptors (Lipinski definition) is 5. The van der Waals surface area contributed by atoms with E-state index in [1.54, 1.807) is 11.3 Å². The van der Waals surface area contributed by atoms with E-state index in [1.165, 1.54) is 16.0 Å². The maximum Gasteiger partial charge on any atom is 0.260 e. The molecule has 0 saturated heterocycles. The van der Waals surface area contributed by atoms with Gasteiger partial charge in [0.15, 0.2) is 17.3 Å². The Balaban J connectivity index is 1.28. The van der Waals surface area contributed by atoms with Crippen molar-refractivity contribution in [2.75, 3.05) is 19.8 Å². The number of ether oxygens (including phenoxy) is 2. The van der Waals surface area contributed by atoms with E-state index in [4.69, 9.17) is 14.5 Å². The lowest BCUT2D eigenvalue weighted by Crippen LogP contribution is -2.85. The van der Waals surface area contributed by atoms with Gasteiger partial charge in [-0.1, -0.05) is 13.0 Å². The molecule has 6 nitrogen and oxygen atoms in total. The van der Waals surface area contributed by atoms with E-state index < -0.39 is 0 Å². The minimum absolute atomic E-state index is 0.0224. The summed E-state index contributed by atoms with van der Waals surface area (Å²) in [5.74, 6) is 3.11. The summed E-state index contributed by atoms with van der Waals surface area (Å²) in [5.41, 5.74) is 2.48. The van der Waals surface area contributed by atoms with Crippen molar-refractivity contribution in [1.29, 1.82) is 0 Å². The molecule has 1 aliphatic carbocycles. The van der Waals surface area contributed by atoms with Crippen LogP contribution in [0.1, 0.15) is 48.1 Å². The summed E-state index contributed by atoms with van der Waals surface area (Å²) in [5, 5.41) is 3.06. The second-order valence-electron chi connectivity index (χ2n) is 8.52. The highest BCUT2D eigenvalue weighted by atomic mass is 32.1. The number of quaternary nitrogens is 1. The molecule has 0 spiro atoms. The fraction of sp³-hybridized carbons (Fsp3) is 0.478. The fourth-order valence-corrected chi connectivity index (χ4v) is 5.83. The number of aromatic nitrogens is 2. The number of fused-ring (bicyclic) bond motifs is 4. The van der Waals surface area contributed by atoms with Gasteiger partial charge in [-0.2, -0.15) is 0 Å². The molecule has 3 heterocycles. The largest absolute Gasteiger partial charge is 0.486 e. The van der Waals surface area contributed by atoms with Crippen LogP contribution in [-0.2, 0) is 19.3 Å². The zero-order valence-electron chi connectivity index (χ0n) is 17.5. The lowest BCUT2D eigenvalue weighted by molar-refractivity contribution is -0.693. The number of aromatic amines is 1. The number of H-pyrrole nitrogens is 1. The molecule has 3 aromatic rings. The molecule has 0 saturated carbocycles. The first-order chi connectivity index (χ1) is 14.6. The minimum Gasteiger partial charge on any atom is -0.486 e. The second kappa shape index (κ2) is 8.04. The molecule has 0 fully saturated rings. The average Bonchev–Trinajstić information content (AvgIpc) is 3.11. The molecular weight excluding hydrogens is 398 g/mol. The predicted molar refractivity (Wildman–Crippen MR) is 118 cm³/mol. The van der Waals surface area contributed by atoms with Crippen LogP contribution in [0.5, 0.6) is 11.5 Å². The summed E-state index contributed by atoms with van der Waals surface area (Å²) in [7, 11) is 0. The summed E-state index contributed by atoms with van der Waals surface area (Å²) >= 11 is 1.71. The van der Waals surface area contributed by atoms with Crippen LogP contribution in [0, 0.1) is 5.92 Å². The molecule has 1 aliphatic heterocycles. The summed E-state index contributed by atoms with van der Waals surface area (Å²) in [6, 6.07) is 6.24. The first kappa shape index (κ1) is 19.6. The SMILES string of the molecule is C[C@@H]1CCc2c(sc3nc([C@@H](C)[NH2+]CCc4ccc5c(c4)OCCO5)[nH]c(=O)c23)C1. The molecule has 2 aromatic heterocycles. The lowest BCUT2D eigenvalue weighted by atomic mass is 9.89. The number of nitrogens with zero attached hydrogens (tertiary/aromatic N) is 1. The molecule has 3 N–H and O–H groups in total. The van der Waals surface area contributed by atoms with Crippen LogP contribution in [0.25, 0.3) is 10.2 Å². The van der Waals surface area contributed by atoms with E-state index in [0.29, 0.717) is 19.1 Å². The molecule has 30 heavy (non-hydrogen) atoms. The Hall–Kier alpha value is -2.38. The quantitative estimate of drug-likeness (QED) is 0.657. The Kier molecular flexibility index (Phi) is 5.25. The monoisotopic (exact) mass is 426 g/mol. The van der Waals surface area contributed by atoms with Gasteiger partial charge in [-0.25, -0.2) is 4.98 Å². The Morgan fingerprint density at radius 2 is 2.13 bits per heavy atom. The first-order valence-corrected chi connectivity index (χ1v) is 11.7. The van der Waals surface area contributed by atoms with Crippen molar-refractivity contribution in [1.82, 2.24) is 9.97 Å². The van der Waals surface area contributed by atoms with Crippen LogP contribution < -0.4 is 20.3 Å². The summed E-state index contributed by atoms with van der Waals surface area (Å²) < 4.78 is 11.3. The highest BCUT2D eigenvalue weighted by molar-refractivity contribution is 7.18. The Labute approximate surface area is 179 Å². The first-order valence-electron chi connectivity index (χ1n) is 10.8. The summed E-state index contributed by atoms with van der Waals surface area (Å²) in [6.45, 7) is 6.51. The number of nitrogens with two attached hydrogens (primary N) is 1. The van der Waals surface area contributed by atoms with Gasteiger partial charge in [0.1, 0.15) is 24.1 Å². The zero-order valence-corrected chi connectivity index (χ0v) is 18.3. The third-order valence-corrected chi connectivity index (χ3v) is 7.32. The van der Waals surface area contributed by atoms with Crippen molar-refractivity contribution in [3.63, 3.8) is 0 Å². The van der Waals surface area contributed by atoms with Crippen LogP contribution in [0.2, 0.25) is 0 Å². The normalized spacial score (nSPS) is 18.9. The number of thiophene rings is 1. The van der Waals surface area contributed by atoms with Crippen LogP contribution in [-0.4, -0.2) is 29.7 Å². The van der Waals surface area contributed by atoms with Gasteiger partial charge >= 0.3 is 0 Å². The standard InChI is InChI=1S/C23H27N3O3S/c1-13-3-5-16-19(11-13)30-23-20(16)22(27)25-21(26-23)14(2)24-8-7-15-4-6-17-18(12-15)29-10-9-28-17/h4,6,12-14,24H,3,5,7-11H2,1-2H3,(H,25,26,27)/p+1/t13-,14-/m1/s1. The van der Waals surface area contributed by atoms with Crippen LogP contribution in [0.3, 0.4) is 0 Å². The smallest absolute Gasteiger partial charge is 0.260 e. The van der Waals surface area contributed by atoms with E-state index >= 15 is 0 Å². The molecule has 0 unspecified atom stereocenters. The van der Waals surface area contributed by atoms with Gasteiger partial charge in [0.2, 0.25) is 0 Å². The Morgan fingerprint density at radius 3 is 3.00 bits per heavy atom. The van der Waals surface area contributed by atoms with Gasteiger partial charge < -0.3 is 19.8 Å². The topological polar surface area (TPSA) is 80.8 Å². The third-order valence-electron chi connectivity index (χ3n) is 6.17. The van der Waals surface area contributed by atoms with Crippen molar-refractivity contribution in [3.05, 3.63) is 50.4 Å². The van der Waals surface area contributed by atoms with Gasteiger partial charge in [0, 0.05) is 11.3 Å². The van der Waals surface area contributed by atoms with Crippen LogP contribution in [0.4, 0.5) is 0 Å². The van der Waals surface area contributed by atoms with Gasteiger partial charge in [-0.05, 0) is 55.4 Å². The number of aryl methyl sites for hydroxylation is 1. The van der Waals surface area contributed by atoms with E-state index in [-0.39, 0.29) is 11.6 Å². The Bertz CT molecular complexity index is 1140. The summed E-state index contributed by atoms with van der Waals surface area (Å²) in [6.07, 6.45) is 4.14. The van der Waals surface area contributed by atoms with Gasteiger partial charge in [0.05, 0.1) is 11.9 Å². The maximum atomic E-state index is 12.8. The highest BCUT2D eigenvalue weighted by Gasteiger charge is 2.24. The van der Waals surface area contributed by atoms with Crippen molar-refractivity contribution >= 4 is 21.6 Å². The molecule has 2 atom stereocenters. The minimum atomic E-state index is 0.0224. The van der Waals surface area contributed by atoms with Gasteiger partial charge in [-0.15, -0.1) is 11.3 Å². The molecule has 5 rings (SSSR count).